The molecule has 1 amide bonds. The van der Waals surface area contributed by atoms with E-state index in [1.807, 2.05) is 17.0 Å². The van der Waals surface area contributed by atoms with Crippen molar-refractivity contribution in [2.24, 2.45) is 5.92 Å². The third-order valence-electron chi connectivity index (χ3n) is 7.50. The third-order valence-corrected chi connectivity index (χ3v) is 7.50. The Morgan fingerprint density at radius 1 is 0.973 bits per heavy atom. The molecule has 5 rings (SSSR count). The first-order valence-electron chi connectivity index (χ1n) is 13.8. The average Bonchev–Trinajstić information content (AvgIpc) is 3.37. The molecule has 7 heteroatoms. The first-order chi connectivity index (χ1) is 18.1. The van der Waals surface area contributed by atoms with Crippen LogP contribution in [0, 0.1) is 5.92 Å². The van der Waals surface area contributed by atoms with Gasteiger partial charge in [-0.15, -0.1) is 0 Å². The van der Waals surface area contributed by atoms with Crippen molar-refractivity contribution in [1.29, 1.82) is 0 Å². The minimum Gasteiger partial charge on any atom is -0.352 e. The summed E-state index contributed by atoms with van der Waals surface area (Å²) in [5.74, 6) is 2.07. The number of aryl methyl sites for hydroxylation is 1. The van der Waals surface area contributed by atoms with Crippen LogP contribution >= 0.6 is 0 Å². The third kappa shape index (κ3) is 5.17. The zero-order chi connectivity index (χ0) is 25.8. The number of amides is 1. The van der Waals surface area contributed by atoms with Gasteiger partial charge in [-0.3, -0.25) is 4.79 Å². The average molecular weight is 500 g/mol. The van der Waals surface area contributed by atoms with Crippen molar-refractivity contribution in [3.63, 3.8) is 0 Å². The fourth-order valence-corrected chi connectivity index (χ4v) is 5.33. The van der Waals surface area contributed by atoms with Crippen molar-refractivity contribution >= 4 is 33.6 Å². The molecule has 1 unspecified atom stereocenters. The van der Waals surface area contributed by atoms with E-state index >= 15 is 0 Å². The van der Waals surface area contributed by atoms with Crippen molar-refractivity contribution in [1.82, 2.24) is 20.0 Å². The molecule has 2 aromatic carbocycles. The lowest BCUT2D eigenvalue weighted by Gasteiger charge is -2.37. The molecule has 0 radical (unpaired) electrons. The van der Waals surface area contributed by atoms with Crippen LogP contribution in [-0.4, -0.2) is 52.1 Å². The number of nitrogens with zero attached hydrogens (tertiary/aromatic N) is 5. The first-order valence-corrected chi connectivity index (χ1v) is 13.8. The van der Waals surface area contributed by atoms with E-state index in [1.54, 1.807) is 0 Å². The number of benzene rings is 2. The van der Waals surface area contributed by atoms with Gasteiger partial charge in [-0.1, -0.05) is 75.2 Å². The van der Waals surface area contributed by atoms with E-state index in [2.05, 4.69) is 61.2 Å². The minimum atomic E-state index is 0.131. The van der Waals surface area contributed by atoms with E-state index in [9.17, 15) is 4.79 Å². The molecule has 7 nitrogen and oxygen atoms in total. The van der Waals surface area contributed by atoms with Crippen molar-refractivity contribution in [3.05, 3.63) is 48.3 Å². The number of hydrogen-bond acceptors (Lipinski definition) is 6. The van der Waals surface area contributed by atoms with E-state index in [-0.39, 0.29) is 5.92 Å². The highest BCUT2D eigenvalue weighted by molar-refractivity contribution is 6.00. The monoisotopic (exact) mass is 499 g/mol. The Morgan fingerprint density at radius 2 is 1.76 bits per heavy atom. The Balaban J connectivity index is 1.46. The lowest BCUT2D eigenvalue weighted by atomic mass is 9.97. The van der Waals surface area contributed by atoms with Gasteiger partial charge < -0.3 is 14.3 Å². The molecule has 194 valence electrons. The van der Waals surface area contributed by atoms with E-state index < -0.39 is 0 Å². The number of anilines is 1. The van der Waals surface area contributed by atoms with Crippen LogP contribution in [-0.2, 0) is 11.2 Å². The topological polar surface area (TPSA) is 75.4 Å². The molecule has 1 aliphatic heterocycles. The fourth-order valence-electron chi connectivity index (χ4n) is 5.33. The van der Waals surface area contributed by atoms with Gasteiger partial charge in [0.1, 0.15) is 22.7 Å². The van der Waals surface area contributed by atoms with Gasteiger partial charge in [0, 0.05) is 44.1 Å². The number of fused-ring (bicyclic) bond motifs is 2. The largest absolute Gasteiger partial charge is 0.352 e. The van der Waals surface area contributed by atoms with Gasteiger partial charge in [0.2, 0.25) is 5.91 Å². The molecule has 1 saturated heterocycles. The van der Waals surface area contributed by atoms with Crippen LogP contribution < -0.4 is 4.90 Å². The van der Waals surface area contributed by atoms with E-state index in [0.717, 1.165) is 85.3 Å². The highest BCUT2D eigenvalue weighted by atomic mass is 16.5. The van der Waals surface area contributed by atoms with Gasteiger partial charge in [-0.05, 0) is 36.1 Å². The van der Waals surface area contributed by atoms with Gasteiger partial charge in [0.05, 0.1) is 0 Å². The Kier molecular flexibility index (Phi) is 7.68. The van der Waals surface area contributed by atoms with Crippen molar-refractivity contribution in [2.75, 3.05) is 31.1 Å². The van der Waals surface area contributed by atoms with Gasteiger partial charge in [-0.2, -0.15) is 4.98 Å². The van der Waals surface area contributed by atoms with E-state index in [0.29, 0.717) is 24.7 Å². The lowest BCUT2D eigenvalue weighted by molar-refractivity contribution is -0.136. The number of rotatable bonds is 9. The van der Waals surface area contributed by atoms with Crippen LogP contribution in [0.4, 0.5) is 5.82 Å². The SMILES string of the molecule is CCCCC(CC)C(=O)N1CCN(c2nc(CCC)nc3onc(-c4ccc5ccccc5c4)c23)CC1. The maximum Gasteiger partial charge on any atom is 0.263 e. The Hall–Kier alpha value is -3.48. The van der Waals surface area contributed by atoms with Crippen LogP contribution in [0.2, 0.25) is 0 Å². The Morgan fingerprint density at radius 3 is 2.49 bits per heavy atom. The molecule has 37 heavy (non-hydrogen) atoms. The van der Waals surface area contributed by atoms with Gasteiger partial charge in [0.25, 0.3) is 5.71 Å². The van der Waals surface area contributed by atoms with Crippen molar-refractivity contribution in [2.45, 2.75) is 59.3 Å². The van der Waals surface area contributed by atoms with Crippen molar-refractivity contribution in [3.8, 4) is 11.3 Å². The van der Waals surface area contributed by atoms with Crippen LogP contribution in [0.1, 0.15) is 58.7 Å². The molecule has 4 aromatic rings. The van der Waals surface area contributed by atoms with Crippen LogP contribution in [0.15, 0.2) is 47.0 Å². The van der Waals surface area contributed by atoms with Gasteiger partial charge in [0.15, 0.2) is 0 Å². The highest BCUT2D eigenvalue weighted by Gasteiger charge is 2.29. The number of piperazine rings is 1. The predicted molar refractivity (Wildman–Crippen MR) is 149 cm³/mol. The molecule has 0 saturated carbocycles. The zero-order valence-corrected chi connectivity index (χ0v) is 22.2. The maximum absolute atomic E-state index is 13.2. The Bertz CT molecular complexity index is 1370. The summed E-state index contributed by atoms with van der Waals surface area (Å²) in [7, 11) is 0. The zero-order valence-electron chi connectivity index (χ0n) is 22.2. The molecule has 0 spiro atoms. The lowest BCUT2D eigenvalue weighted by Crippen LogP contribution is -2.50. The first kappa shape index (κ1) is 25.2. The summed E-state index contributed by atoms with van der Waals surface area (Å²) in [6, 6.07) is 14.7. The van der Waals surface area contributed by atoms with Gasteiger partial charge >= 0.3 is 0 Å². The number of carbonyl (C=O) groups excluding carboxylic acids is 1. The second-order valence-electron chi connectivity index (χ2n) is 10.0. The standard InChI is InChI=1S/C30H37N5O2/c1-4-7-11-21(6-3)30(36)35-18-16-34(17-19-35)28-26-27(33-37-29(26)32-25(31-28)10-5-2)24-15-14-22-12-8-9-13-23(22)20-24/h8-9,12-15,20-21H,4-7,10-11,16-19H2,1-3H3. The molecular weight excluding hydrogens is 462 g/mol. The molecule has 0 N–H and O–H groups in total. The Labute approximate surface area is 218 Å². The van der Waals surface area contributed by atoms with Crippen LogP contribution in [0.25, 0.3) is 33.1 Å². The maximum atomic E-state index is 13.2. The molecule has 2 aromatic heterocycles. The number of hydrogen-bond donors (Lipinski definition) is 0. The highest BCUT2D eigenvalue weighted by Crippen LogP contribution is 2.35. The summed E-state index contributed by atoms with van der Waals surface area (Å²) in [4.78, 5) is 27.2. The quantitative estimate of drug-likeness (QED) is 0.271. The smallest absolute Gasteiger partial charge is 0.263 e. The van der Waals surface area contributed by atoms with Crippen molar-refractivity contribution < 1.29 is 9.32 Å². The van der Waals surface area contributed by atoms with Crippen LogP contribution in [0.3, 0.4) is 0 Å². The van der Waals surface area contributed by atoms with E-state index in [1.165, 1.54) is 5.39 Å². The molecular formula is C30H37N5O2. The minimum absolute atomic E-state index is 0.131. The van der Waals surface area contributed by atoms with Crippen LogP contribution in [0.5, 0.6) is 0 Å². The fraction of sp³-hybridized carbons (Fsp3) is 0.467. The molecule has 0 bridgehead atoms. The summed E-state index contributed by atoms with van der Waals surface area (Å²) in [5, 5.41) is 7.66. The number of unbranched alkanes of at least 4 members (excludes halogenated alkanes) is 1. The summed E-state index contributed by atoms with van der Waals surface area (Å²) < 4.78 is 5.78. The second kappa shape index (κ2) is 11.3. The summed E-state index contributed by atoms with van der Waals surface area (Å²) in [6.45, 7) is 9.30. The number of aromatic nitrogens is 3. The van der Waals surface area contributed by atoms with E-state index in [4.69, 9.17) is 14.5 Å². The molecule has 0 aliphatic carbocycles. The second-order valence-corrected chi connectivity index (χ2v) is 10.0. The summed E-state index contributed by atoms with van der Waals surface area (Å²) >= 11 is 0. The molecule has 3 heterocycles. The molecule has 1 atom stereocenters. The molecule has 1 fully saturated rings. The molecule has 1 aliphatic rings. The number of carbonyl (C=O) groups is 1. The summed E-state index contributed by atoms with van der Waals surface area (Å²) in [6.07, 6.45) is 5.85. The normalized spacial score (nSPS) is 15.0. The predicted octanol–water partition coefficient (Wildman–Crippen LogP) is 6.26. The van der Waals surface area contributed by atoms with Gasteiger partial charge in [-0.25, -0.2) is 4.98 Å². The summed E-state index contributed by atoms with van der Waals surface area (Å²) in [5.41, 5.74) is 2.28.